The van der Waals surface area contributed by atoms with Gasteiger partial charge in [-0.25, -0.2) is 0 Å². The first-order valence-electron chi connectivity index (χ1n) is 10.8. The van der Waals surface area contributed by atoms with Crippen LogP contribution in [-0.2, 0) is 20.4 Å². The monoisotopic (exact) mass is 490 g/mol. The molecule has 0 N–H and O–H groups in total. The standard InChI is InChI=1S/C16H13O.C9H13.C2H6Si.Zr/c1-17-14-9-6-13(7-10-14)16-11-8-12-4-2-3-5-15(12)16;1-6-5-7(2)9(4)8(6)3;1-3-2;/h2-11H,1H3;5H,1-4H3;1-2H3;. The molecule has 0 saturated carbocycles. The molecule has 0 aliphatic heterocycles. The average molecular weight is 492 g/mol. The molecule has 0 radical (unpaired) electrons. The number of rotatable bonds is 4. The van der Waals surface area contributed by atoms with Crippen LogP contribution in [0.5, 0.6) is 5.75 Å². The van der Waals surface area contributed by atoms with Gasteiger partial charge in [0.25, 0.3) is 0 Å². The number of fused-ring (bicyclic) bond motifs is 1. The van der Waals surface area contributed by atoms with Crippen molar-refractivity contribution in [3.8, 4) is 5.75 Å². The van der Waals surface area contributed by atoms with Crippen LogP contribution in [0.1, 0.15) is 48.0 Å². The quantitative estimate of drug-likeness (QED) is 0.402. The molecule has 0 aromatic heterocycles. The van der Waals surface area contributed by atoms with Gasteiger partial charge in [0.2, 0.25) is 0 Å². The third-order valence-electron chi connectivity index (χ3n) is 7.16. The van der Waals surface area contributed by atoms with E-state index in [9.17, 15) is 0 Å². The second kappa shape index (κ2) is 8.60. The van der Waals surface area contributed by atoms with Crippen molar-refractivity contribution in [1.29, 1.82) is 0 Å². The summed E-state index contributed by atoms with van der Waals surface area (Å²) >= 11 is -1.88. The third-order valence-corrected chi connectivity index (χ3v) is 26.9. The van der Waals surface area contributed by atoms with Crippen LogP contribution >= 0.6 is 0 Å². The molecule has 3 heteroatoms. The van der Waals surface area contributed by atoms with Gasteiger partial charge in [0, 0.05) is 0 Å². The summed E-state index contributed by atoms with van der Waals surface area (Å²) in [5.41, 5.74) is 11.9. The Bertz CT molecular complexity index is 1100. The van der Waals surface area contributed by atoms with E-state index in [1.54, 1.807) is 35.0 Å². The van der Waals surface area contributed by atoms with E-state index in [1.807, 2.05) is 0 Å². The van der Waals surface area contributed by atoms with E-state index in [1.165, 1.54) is 16.7 Å². The normalized spacial score (nSPS) is 18.6. The molecule has 2 aromatic rings. The van der Waals surface area contributed by atoms with Crippen LogP contribution in [0, 0.1) is 0 Å². The summed E-state index contributed by atoms with van der Waals surface area (Å²) in [5.74, 6) is 0.921. The first-order valence-corrected chi connectivity index (χ1v) is 19.9. The number of allylic oxidation sites excluding steroid dienone is 5. The molecule has 1 unspecified atom stereocenters. The molecule has 2 aliphatic rings. The van der Waals surface area contributed by atoms with Gasteiger partial charge >= 0.3 is 191 Å². The summed E-state index contributed by atoms with van der Waals surface area (Å²) in [7, 11) is 1.73. The molecule has 2 aliphatic carbocycles. The minimum atomic E-state index is -1.88. The molecule has 0 saturated heterocycles. The minimum absolute atomic E-state index is 0.343. The van der Waals surface area contributed by atoms with Crippen molar-refractivity contribution in [2.45, 2.75) is 48.0 Å². The number of methoxy groups -OCH3 is 1. The van der Waals surface area contributed by atoms with Gasteiger partial charge in [-0.2, -0.15) is 0 Å². The Morgan fingerprint density at radius 2 is 1.43 bits per heavy atom. The van der Waals surface area contributed by atoms with E-state index in [0.717, 1.165) is 9.38 Å². The van der Waals surface area contributed by atoms with Gasteiger partial charge in [-0.05, 0) is 0 Å². The Hall–Kier alpha value is -1.44. The maximum atomic E-state index is 5.39. The second-order valence-electron chi connectivity index (χ2n) is 8.88. The molecule has 4 rings (SSSR count). The molecule has 1 nitrogen and oxygen atoms in total. The van der Waals surface area contributed by atoms with Crippen LogP contribution < -0.4 is 4.74 Å². The zero-order valence-electron chi connectivity index (χ0n) is 19.3. The fourth-order valence-electron chi connectivity index (χ4n) is 5.23. The van der Waals surface area contributed by atoms with E-state index < -0.39 is 20.4 Å². The fraction of sp³-hybridized carbons (Fsp3) is 0.333. The van der Waals surface area contributed by atoms with Crippen LogP contribution in [0.25, 0.3) is 5.57 Å². The molecule has 0 spiro atoms. The molecule has 0 heterocycles. The summed E-state index contributed by atoms with van der Waals surface area (Å²) < 4.78 is 6.82. The molecule has 0 fully saturated rings. The number of hydrogen-bond donors (Lipinski definition) is 0. The summed E-state index contributed by atoms with van der Waals surface area (Å²) in [6.07, 6.45) is 2.66. The molecule has 0 amide bonds. The Kier molecular flexibility index (Phi) is 6.24. The molecule has 154 valence electrons. The van der Waals surface area contributed by atoms with Gasteiger partial charge in [0.1, 0.15) is 0 Å². The molecular formula is C27H32OSiZr. The van der Waals surface area contributed by atoms with Crippen LogP contribution in [0.2, 0.25) is 16.7 Å². The zero-order valence-corrected chi connectivity index (χ0v) is 22.7. The van der Waals surface area contributed by atoms with Gasteiger partial charge in [0.15, 0.2) is 0 Å². The van der Waals surface area contributed by atoms with E-state index in [0.29, 0.717) is 3.63 Å². The third kappa shape index (κ3) is 3.59. The van der Waals surface area contributed by atoms with Crippen molar-refractivity contribution in [3.63, 3.8) is 0 Å². The van der Waals surface area contributed by atoms with Crippen LogP contribution in [-0.4, -0.2) is 12.5 Å². The number of hydrogen-bond acceptors (Lipinski definition) is 1. The molecule has 1 atom stereocenters. The van der Waals surface area contributed by atoms with Crippen molar-refractivity contribution in [3.05, 3.63) is 93.6 Å². The van der Waals surface area contributed by atoms with E-state index in [2.05, 4.69) is 95.4 Å². The fourth-order valence-corrected chi connectivity index (χ4v) is 25.8. The van der Waals surface area contributed by atoms with Gasteiger partial charge < -0.3 is 0 Å². The summed E-state index contributed by atoms with van der Waals surface area (Å²) in [4.78, 5) is 0. The summed E-state index contributed by atoms with van der Waals surface area (Å²) in [6, 6.07) is 17.8. The van der Waals surface area contributed by atoms with E-state index in [-0.39, 0.29) is 5.43 Å². The molecular weight excluding hydrogens is 460 g/mol. The van der Waals surface area contributed by atoms with Crippen molar-refractivity contribution >= 4 is 11.0 Å². The molecule has 2 aromatic carbocycles. The van der Waals surface area contributed by atoms with Crippen LogP contribution in [0.15, 0.2) is 76.9 Å². The first kappa shape index (κ1) is 21.8. The summed E-state index contributed by atoms with van der Waals surface area (Å²) in [5, 5.41) is 0. The zero-order chi connectivity index (χ0) is 21.6. The van der Waals surface area contributed by atoms with Crippen molar-refractivity contribution < 1.29 is 25.1 Å². The van der Waals surface area contributed by atoms with E-state index >= 15 is 0 Å². The average Bonchev–Trinajstić information content (AvgIpc) is 3.22. The second-order valence-corrected chi connectivity index (χ2v) is 26.9. The SMILES string of the molecule is COc1ccc(C2=C[CH]([Zr]([CH]3C(C)=C(C)C(C)=C3C)=[Si](C)C)c3ccccc32)cc1. The van der Waals surface area contributed by atoms with Crippen molar-refractivity contribution in [2.75, 3.05) is 7.11 Å². The summed E-state index contributed by atoms with van der Waals surface area (Å²) in [6.45, 7) is 14.7. The van der Waals surface area contributed by atoms with E-state index in [4.69, 9.17) is 4.74 Å². The van der Waals surface area contributed by atoms with Crippen LogP contribution in [0.4, 0.5) is 0 Å². The number of ether oxygens (including phenoxy) is 1. The van der Waals surface area contributed by atoms with Crippen molar-refractivity contribution in [2.24, 2.45) is 0 Å². The van der Waals surface area contributed by atoms with Gasteiger partial charge in [-0.15, -0.1) is 0 Å². The van der Waals surface area contributed by atoms with Gasteiger partial charge in [0.05, 0.1) is 0 Å². The van der Waals surface area contributed by atoms with Gasteiger partial charge in [-0.3, -0.25) is 0 Å². The molecule has 0 bridgehead atoms. The topological polar surface area (TPSA) is 9.23 Å². The Balaban J connectivity index is 1.87. The number of benzene rings is 2. The Morgan fingerprint density at radius 3 is 2.00 bits per heavy atom. The van der Waals surface area contributed by atoms with Gasteiger partial charge in [-0.1, -0.05) is 0 Å². The molecule has 30 heavy (non-hydrogen) atoms. The first-order chi connectivity index (χ1) is 14.3. The predicted octanol–water partition coefficient (Wildman–Crippen LogP) is 7.53. The Labute approximate surface area is 189 Å². The Morgan fingerprint density at radius 1 is 0.833 bits per heavy atom. The van der Waals surface area contributed by atoms with Crippen molar-refractivity contribution in [1.82, 2.24) is 0 Å². The maximum absolute atomic E-state index is 5.39. The van der Waals surface area contributed by atoms with Crippen LogP contribution in [0.3, 0.4) is 0 Å². The predicted molar refractivity (Wildman–Crippen MR) is 127 cm³/mol.